The average Bonchev–Trinajstić information content (AvgIpc) is 2.88. The normalized spacial score (nSPS) is 23.8. The summed E-state index contributed by atoms with van der Waals surface area (Å²) in [5, 5.41) is 4.18. The summed E-state index contributed by atoms with van der Waals surface area (Å²) in [6.07, 6.45) is 2.77. The molecule has 2 rings (SSSR count). The molecule has 0 N–H and O–H groups in total. The fourth-order valence-electron chi connectivity index (χ4n) is 2.36. The van der Waals surface area contributed by atoms with E-state index in [1.807, 2.05) is 11.6 Å². The third kappa shape index (κ3) is 2.96. The summed E-state index contributed by atoms with van der Waals surface area (Å²) in [6, 6.07) is 0. The van der Waals surface area contributed by atoms with E-state index in [4.69, 9.17) is 4.74 Å². The first-order chi connectivity index (χ1) is 8.58. The van der Waals surface area contributed by atoms with Gasteiger partial charge in [-0.3, -0.25) is 4.79 Å². The number of nitrogens with zero attached hydrogens (tertiary/aromatic N) is 3. The average molecular weight is 251 g/mol. The van der Waals surface area contributed by atoms with Gasteiger partial charge >= 0.3 is 0 Å². The Labute approximate surface area is 108 Å². The predicted octanol–water partition coefficient (Wildman–Crippen LogP) is 1.47. The highest BCUT2D eigenvalue weighted by molar-refractivity contribution is 5.83. The molecule has 0 radical (unpaired) electrons. The summed E-state index contributed by atoms with van der Waals surface area (Å²) < 4.78 is 7.27. The Morgan fingerprint density at radius 1 is 1.61 bits per heavy atom. The van der Waals surface area contributed by atoms with E-state index in [2.05, 4.69) is 23.9 Å². The number of carbonyl (C=O) groups is 1. The van der Waals surface area contributed by atoms with Gasteiger partial charge in [0, 0.05) is 19.1 Å². The molecule has 0 spiro atoms. The van der Waals surface area contributed by atoms with Gasteiger partial charge in [0.1, 0.15) is 17.9 Å². The zero-order chi connectivity index (χ0) is 13.1. The Morgan fingerprint density at radius 2 is 2.39 bits per heavy atom. The van der Waals surface area contributed by atoms with Crippen molar-refractivity contribution in [2.24, 2.45) is 11.8 Å². The number of rotatable bonds is 5. The molecule has 2 unspecified atom stereocenters. The Bertz CT molecular complexity index is 414. The van der Waals surface area contributed by atoms with Gasteiger partial charge in [-0.25, -0.2) is 9.67 Å². The molecule has 5 heteroatoms. The molecule has 1 saturated heterocycles. The lowest BCUT2D eigenvalue weighted by molar-refractivity contribution is -0.123. The molecule has 2 atom stereocenters. The fraction of sp³-hybridized carbons (Fsp3) is 0.769. The predicted molar refractivity (Wildman–Crippen MR) is 67.1 cm³/mol. The number of hydrogen-bond donors (Lipinski definition) is 0. The Morgan fingerprint density at radius 3 is 3.00 bits per heavy atom. The van der Waals surface area contributed by atoms with Crippen molar-refractivity contribution in [3.8, 4) is 0 Å². The first-order valence-corrected chi connectivity index (χ1v) is 6.59. The monoisotopic (exact) mass is 251 g/mol. The van der Waals surface area contributed by atoms with Gasteiger partial charge in [0.2, 0.25) is 0 Å². The van der Waals surface area contributed by atoms with Gasteiger partial charge in [-0.2, -0.15) is 5.10 Å². The van der Waals surface area contributed by atoms with Crippen LogP contribution in [-0.4, -0.2) is 33.3 Å². The molecule has 5 nitrogen and oxygen atoms in total. The van der Waals surface area contributed by atoms with Crippen LogP contribution in [0.1, 0.15) is 33.0 Å². The van der Waals surface area contributed by atoms with E-state index in [1.54, 1.807) is 0 Å². The molecule has 1 aromatic heterocycles. The van der Waals surface area contributed by atoms with Crippen LogP contribution in [0.2, 0.25) is 0 Å². The molecular formula is C13H21N3O2. The summed E-state index contributed by atoms with van der Waals surface area (Å²) >= 11 is 0. The highest BCUT2D eigenvalue weighted by atomic mass is 16.5. The van der Waals surface area contributed by atoms with E-state index in [0.29, 0.717) is 18.9 Å². The molecule has 0 aliphatic carbocycles. The van der Waals surface area contributed by atoms with Gasteiger partial charge in [-0.05, 0) is 19.3 Å². The topological polar surface area (TPSA) is 57.0 Å². The van der Waals surface area contributed by atoms with Gasteiger partial charge in [0.25, 0.3) is 0 Å². The molecule has 1 aliphatic heterocycles. The zero-order valence-corrected chi connectivity index (χ0v) is 11.3. The largest absolute Gasteiger partial charge is 0.378 e. The van der Waals surface area contributed by atoms with Crippen molar-refractivity contribution in [1.29, 1.82) is 0 Å². The van der Waals surface area contributed by atoms with Crippen molar-refractivity contribution in [3.05, 3.63) is 12.2 Å². The van der Waals surface area contributed by atoms with Gasteiger partial charge in [-0.1, -0.05) is 13.8 Å². The van der Waals surface area contributed by atoms with E-state index in [0.717, 1.165) is 18.8 Å². The SMILES string of the molecule is CC(C)Cn1ncnc1CC(=O)C1CCOC1C. The molecule has 18 heavy (non-hydrogen) atoms. The third-order valence-corrected chi connectivity index (χ3v) is 3.36. The summed E-state index contributed by atoms with van der Waals surface area (Å²) in [5.41, 5.74) is 0. The van der Waals surface area contributed by atoms with E-state index < -0.39 is 0 Å². The molecule has 0 saturated carbocycles. The minimum atomic E-state index is 0.0224. The maximum absolute atomic E-state index is 12.2. The van der Waals surface area contributed by atoms with Crippen molar-refractivity contribution in [3.63, 3.8) is 0 Å². The van der Waals surface area contributed by atoms with Crippen molar-refractivity contribution < 1.29 is 9.53 Å². The minimum Gasteiger partial charge on any atom is -0.378 e. The van der Waals surface area contributed by atoms with E-state index in [9.17, 15) is 4.79 Å². The summed E-state index contributed by atoms with van der Waals surface area (Å²) in [7, 11) is 0. The lowest BCUT2D eigenvalue weighted by atomic mass is 9.95. The highest BCUT2D eigenvalue weighted by Gasteiger charge is 2.31. The van der Waals surface area contributed by atoms with Gasteiger partial charge in [0.15, 0.2) is 0 Å². The van der Waals surface area contributed by atoms with Crippen LogP contribution in [0.5, 0.6) is 0 Å². The number of carbonyl (C=O) groups excluding carboxylic acids is 1. The number of aromatic nitrogens is 3. The van der Waals surface area contributed by atoms with Crippen LogP contribution in [0.15, 0.2) is 6.33 Å². The molecule has 2 heterocycles. The van der Waals surface area contributed by atoms with Crippen molar-refractivity contribution >= 4 is 5.78 Å². The molecule has 1 aliphatic rings. The third-order valence-electron chi connectivity index (χ3n) is 3.36. The molecule has 1 aromatic rings. The molecule has 0 aromatic carbocycles. The lowest BCUT2D eigenvalue weighted by Crippen LogP contribution is -2.25. The van der Waals surface area contributed by atoms with E-state index in [1.165, 1.54) is 6.33 Å². The van der Waals surface area contributed by atoms with Crippen molar-refractivity contribution in [1.82, 2.24) is 14.8 Å². The second kappa shape index (κ2) is 5.61. The second-order valence-corrected chi connectivity index (χ2v) is 5.37. The lowest BCUT2D eigenvalue weighted by Gasteiger charge is -2.13. The van der Waals surface area contributed by atoms with Crippen LogP contribution < -0.4 is 0 Å². The van der Waals surface area contributed by atoms with Crippen LogP contribution in [0.25, 0.3) is 0 Å². The van der Waals surface area contributed by atoms with Crippen LogP contribution in [-0.2, 0) is 22.5 Å². The van der Waals surface area contributed by atoms with Gasteiger partial charge < -0.3 is 4.74 Å². The van der Waals surface area contributed by atoms with E-state index >= 15 is 0 Å². The van der Waals surface area contributed by atoms with E-state index in [-0.39, 0.29) is 17.8 Å². The Kier molecular flexibility index (Phi) is 4.11. The number of ether oxygens (including phenoxy) is 1. The van der Waals surface area contributed by atoms with Crippen LogP contribution >= 0.6 is 0 Å². The highest BCUT2D eigenvalue weighted by Crippen LogP contribution is 2.22. The smallest absolute Gasteiger partial charge is 0.146 e. The first kappa shape index (κ1) is 13.2. The molecule has 0 amide bonds. The quantitative estimate of drug-likeness (QED) is 0.795. The standard InChI is InChI=1S/C13H21N3O2/c1-9(2)7-16-13(14-8-15-16)6-12(17)11-4-5-18-10(11)3/h8-11H,4-7H2,1-3H3. The molecule has 0 bridgehead atoms. The molecule has 1 fully saturated rings. The van der Waals surface area contributed by atoms with Crippen LogP contribution in [0.4, 0.5) is 0 Å². The maximum atomic E-state index is 12.2. The minimum absolute atomic E-state index is 0.0224. The zero-order valence-electron chi connectivity index (χ0n) is 11.3. The Hall–Kier alpha value is -1.23. The van der Waals surface area contributed by atoms with Crippen LogP contribution in [0, 0.1) is 11.8 Å². The summed E-state index contributed by atoms with van der Waals surface area (Å²) in [4.78, 5) is 16.4. The summed E-state index contributed by atoms with van der Waals surface area (Å²) in [6.45, 7) is 7.71. The molecule has 100 valence electrons. The number of ketones is 1. The van der Waals surface area contributed by atoms with Crippen molar-refractivity contribution in [2.75, 3.05) is 6.61 Å². The van der Waals surface area contributed by atoms with Crippen LogP contribution in [0.3, 0.4) is 0 Å². The Balaban J connectivity index is 2.00. The number of hydrogen-bond acceptors (Lipinski definition) is 4. The van der Waals surface area contributed by atoms with Gasteiger partial charge in [-0.15, -0.1) is 0 Å². The first-order valence-electron chi connectivity index (χ1n) is 6.59. The number of Topliss-reactive ketones (excluding diaryl/α,β-unsaturated/α-hetero) is 1. The van der Waals surface area contributed by atoms with Crippen molar-refractivity contribution in [2.45, 2.75) is 46.3 Å². The second-order valence-electron chi connectivity index (χ2n) is 5.37. The maximum Gasteiger partial charge on any atom is 0.146 e. The molecular weight excluding hydrogens is 230 g/mol. The summed E-state index contributed by atoms with van der Waals surface area (Å²) in [5.74, 6) is 1.51. The van der Waals surface area contributed by atoms with Gasteiger partial charge in [0.05, 0.1) is 12.5 Å². The fourth-order valence-corrected chi connectivity index (χ4v) is 2.36.